The lowest BCUT2D eigenvalue weighted by Crippen LogP contribution is -2.12. The van der Waals surface area contributed by atoms with Crippen molar-refractivity contribution >= 4 is 54.9 Å². The zero-order chi connectivity index (χ0) is 41.1. The van der Waals surface area contributed by atoms with E-state index in [2.05, 4.69) is 181 Å². The number of nitrogens with zero attached hydrogens (tertiary/aromatic N) is 4. The minimum atomic E-state index is 0.378. The minimum absolute atomic E-state index is 0.378. The molecule has 1 aliphatic carbocycles. The van der Waals surface area contributed by atoms with Gasteiger partial charge in [-0.15, -0.1) is 0 Å². The van der Waals surface area contributed by atoms with Gasteiger partial charge >= 0.3 is 0 Å². The maximum atomic E-state index is 5.07. The standard InChI is InChI=1S/C58H40N4/c1-37-33-54-52(36-49(37)38-17-6-2-7-18-38)55-44(27-16-28-53(55)62(54)43-23-12-5-13-24-43)41-29-31-47-48-32-30-42(35-51(48)46-26-15-14-25-45(46)50(47)34-41)58-60-56(39-19-8-3-9-20-39)59-57(61-58)40-21-10-4-11-22-40/h2-32,34-37H,33H2,1H3. The Labute approximate surface area is 360 Å². The van der Waals surface area contributed by atoms with Crippen LogP contribution in [0.15, 0.2) is 200 Å². The Hall–Kier alpha value is -7.95. The van der Waals surface area contributed by atoms with Crippen molar-refractivity contribution in [2.45, 2.75) is 13.3 Å². The number of para-hydroxylation sites is 1. The molecule has 1 aliphatic rings. The molecule has 0 amide bonds. The number of allylic oxidation sites excluding steroid dienone is 1. The highest BCUT2D eigenvalue weighted by atomic mass is 15.0. The van der Waals surface area contributed by atoms with Crippen LogP contribution in [0.5, 0.6) is 0 Å². The summed E-state index contributed by atoms with van der Waals surface area (Å²) in [4.78, 5) is 15.1. The summed E-state index contributed by atoms with van der Waals surface area (Å²) in [6.45, 7) is 2.37. The van der Waals surface area contributed by atoms with Crippen molar-refractivity contribution in [1.82, 2.24) is 19.5 Å². The molecule has 0 saturated heterocycles. The van der Waals surface area contributed by atoms with E-state index in [-0.39, 0.29) is 0 Å². The van der Waals surface area contributed by atoms with Crippen molar-refractivity contribution in [2.75, 3.05) is 0 Å². The van der Waals surface area contributed by atoms with Crippen LogP contribution in [-0.4, -0.2) is 19.5 Å². The monoisotopic (exact) mass is 792 g/mol. The molecule has 0 bridgehead atoms. The van der Waals surface area contributed by atoms with Crippen molar-refractivity contribution in [1.29, 1.82) is 0 Å². The molecule has 1 unspecified atom stereocenters. The van der Waals surface area contributed by atoms with Crippen molar-refractivity contribution in [3.8, 4) is 51.0 Å². The third-order valence-corrected chi connectivity index (χ3v) is 12.7. The van der Waals surface area contributed by atoms with Crippen molar-refractivity contribution in [2.24, 2.45) is 5.92 Å². The van der Waals surface area contributed by atoms with Gasteiger partial charge in [-0.1, -0.05) is 177 Å². The van der Waals surface area contributed by atoms with Crippen LogP contribution in [0.1, 0.15) is 23.7 Å². The smallest absolute Gasteiger partial charge is 0.164 e. The summed E-state index contributed by atoms with van der Waals surface area (Å²) < 4.78 is 2.50. The summed E-state index contributed by atoms with van der Waals surface area (Å²) in [7, 11) is 0. The lowest BCUT2D eigenvalue weighted by molar-refractivity contribution is 0.708. The van der Waals surface area contributed by atoms with Crippen LogP contribution in [0.4, 0.5) is 0 Å². The number of aromatic nitrogens is 4. The highest BCUT2D eigenvalue weighted by Gasteiger charge is 2.28. The molecule has 1 atom stereocenters. The van der Waals surface area contributed by atoms with Gasteiger partial charge in [-0.2, -0.15) is 0 Å². The van der Waals surface area contributed by atoms with Crippen LogP contribution in [-0.2, 0) is 6.42 Å². The van der Waals surface area contributed by atoms with Gasteiger partial charge in [-0.05, 0) is 103 Å². The van der Waals surface area contributed by atoms with Gasteiger partial charge in [0, 0.05) is 39.0 Å². The van der Waals surface area contributed by atoms with Crippen LogP contribution >= 0.6 is 0 Å². The Morgan fingerprint density at radius 3 is 1.50 bits per heavy atom. The number of fused-ring (bicyclic) bond motifs is 9. The van der Waals surface area contributed by atoms with Crippen molar-refractivity contribution in [3.05, 3.63) is 217 Å². The molecule has 4 nitrogen and oxygen atoms in total. The van der Waals surface area contributed by atoms with Crippen LogP contribution < -0.4 is 0 Å². The summed E-state index contributed by atoms with van der Waals surface area (Å²) >= 11 is 0. The van der Waals surface area contributed by atoms with Crippen LogP contribution in [0.25, 0.3) is 106 Å². The van der Waals surface area contributed by atoms with Gasteiger partial charge in [0.15, 0.2) is 17.5 Å². The summed E-state index contributed by atoms with van der Waals surface area (Å²) in [6.07, 6.45) is 3.44. The van der Waals surface area contributed by atoms with E-state index in [4.69, 9.17) is 15.0 Å². The van der Waals surface area contributed by atoms with Gasteiger partial charge in [0.1, 0.15) is 0 Å². The maximum absolute atomic E-state index is 5.07. The summed E-state index contributed by atoms with van der Waals surface area (Å²) in [5.74, 6) is 2.34. The van der Waals surface area contributed by atoms with E-state index >= 15 is 0 Å². The fraction of sp³-hybridized carbons (Fsp3) is 0.0517. The Balaban J connectivity index is 1.05. The maximum Gasteiger partial charge on any atom is 0.164 e. The first-order valence-electron chi connectivity index (χ1n) is 21.4. The molecule has 11 aromatic rings. The molecule has 2 heterocycles. The lowest BCUT2D eigenvalue weighted by atomic mass is 9.82. The van der Waals surface area contributed by atoms with Gasteiger partial charge < -0.3 is 4.57 Å². The molecule has 0 N–H and O–H groups in total. The van der Waals surface area contributed by atoms with Crippen molar-refractivity contribution in [3.63, 3.8) is 0 Å². The summed E-state index contributed by atoms with van der Waals surface area (Å²) in [6, 6.07) is 71.5. The van der Waals surface area contributed by atoms with Crippen LogP contribution in [0.2, 0.25) is 0 Å². The molecule has 12 rings (SSSR count). The fourth-order valence-electron chi connectivity index (χ4n) is 9.79. The Morgan fingerprint density at radius 2 is 0.903 bits per heavy atom. The second kappa shape index (κ2) is 14.6. The largest absolute Gasteiger partial charge is 0.313 e. The van der Waals surface area contributed by atoms with E-state index in [1.807, 2.05) is 36.4 Å². The van der Waals surface area contributed by atoms with E-state index in [9.17, 15) is 0 Å². The predicted molar refractivity (Wildman–Crippen MR) is 258 cm³/mol. The second-order valence-corrected chi connectivity index (χ2v) is 16.4. The van der Waals surface area contributed by atoms with Gasteiger partial charge in [-0.3, -0.25) is 0 Å². The highest BCUT2D eigenvalue weighted by molar-refractivity contribution is 6.26. The number of hydrogen-bond acceptors (Lipinski definition) is 3. The van der Waals surface area contributed by atoms with Crippen molar-refractivity contribution < 1.29 is 0 Å². The number of rotatable bonds is 6. The van der Waals surface area contributed by atoms with Crippen LogP contribution in [0.3, 0.4) is 0 Å². The van der Waals surface area contributed by atoms with E-state index in [0.717, 1.165) is 23.1 Å². The topological polar surface area (TPSA) is 43.6 Å². The number of benzene rings is 9. The SMILES string of the molecule is CC1Cc2c(c3c(-c4ccc5c6ccc(-c7nc(-c8ccccc8)nc(-c8ccccc8)n7)cc6c6ccccc6c5c4)cccc3n2-c2ccccc2)C=C1c1ccccc1. The summed E-state index contributed by atoms with van der Waals surface area (Å²) in [5.41, 5.74) is 13.1. The molecule has 0 saturated carbocycles. The van der Waals surface area contributed by atoms with Gasteiger partial charge in [0.05, 0.1) is 5.52 Å². The Morgan fingerprint density at radius 1 is 0.419 bits per heavy atom. The highest BCUT2D eigenvalue weighted by Crippen LogP contribution is 2.46. The molecule has 0 aliphatic heterocycles. The van der Waals surface area contributed by atoms with E-state index in [1.165, 1.54) is 82.4 Å². The second-order valence-electron chi connectivity index (χ2n) is 16.4. The molecule has 0 fully saturated rings. The zero-order valence-corrected chi connectivity index (χ0v) is 34.2. The molecule has 0 spiro atoms. The average Bonchev–Trinajstić information content (AvgIpc) is 3.67. The molecule has 292 valence electrons. The normalized spacial score (nSPS) is 13.8. The van der Waals surface area contributed by atoms with E-state index < -0.39 is 0 Å². The fourth-order valence-corrected chi connectivity index (χ4v) is 9.79. The predicted octanol–water partition coefficient (Wildman–Crippen LogP) is 14.7. The lowest BCUT2D eigenvalue weighted by Gasteiger charge is -2.24. The number of hydrogen-bond donors (Lipinski definition) is 0. The van der Waals surface area contributed by atoms with Gasteiger partial charge in [0.25, 0.3) is 0 Å². The molecule has 62 heavy (non-hydrogen) atoms. The molecule has 4 heteroatoms. The van der Waals surface area contributed by atoms with E-state index in [0.29, 0.717) is 23.4 Å². The Bertz CT molecular complexity index is 3460. The molecular formula is C58H40N4. The quantitative estimate of drug-likeness (QED) is 0.158. The third-order valence-electron chi connectivity index (χ3n) is 12.7. The minimum Gasteiger partial charge on any atom is -0.313 e. The molecular weight excluding hydrogens is 753 g/mol. The summed E-state index contributed by atoms with van der Waals surface area (Å²) in [5, 5.41) is 8.54. The van der Waals surface area contributed by atoms with Crippen LogP contribution in [0, 0.1) is 5.92 Å². The first-order chi connectivity index (χ1) is 30.7. The van der Waals surface area contributed by atoms with Gasteiger partial charge in [-0.25, -0.2) is 15.0 Å². The molecule has 9 aromatic carbocycles. The van der Waals surface area contributed by atoms with Gasteiger partial charge in [0.2, 0.25) is 0 Å². The Kier molecular flexibility index (Phi) is 8.49. The van der Waals surface area contributed by atoms with E-state index in [1.54, 1.807) is 0 Å². The third kappa shape index (κ3) is 5.95. The molecule has 0 radical (unpaired) electrons. The average molecular weight is 793 g/mol. The zero-order valence-electron chi connectivity index (χ0n) is 34.2. The first kappa shape index (κ1) is 35.9. The molecule has 2 aromatic heterocycles. The first-order valence-corrected chi connectivity index (χ1v) is 21.4.